The molecule has 0 aliphatic heterocycles. The number of carboxylic acid groups (broad SMARTS) is 1. The van der Waals surface area contributed by atoms with Gasteiger partial charge in [0.05, 0.1) is 6.20 Å². The number of aromatic nitrogens is 2. The third-order valence-corrected chi connectivity index (χ3v) is 3.05. The van der Waals surface area contributed by atoms with Gasteiger partial charge in [0.2, 0.25) is 0 Å². The van der Waals surface area contributed by atoms with Crippen LogP contribution in [-0.2, 0) is 22.5 Å². The second-order valence-electron chi connectivity index (χ2n) is 6.59. The minimum atomic E-state index is -0.886. The van der Waals surface area contributed by atoms with Crippen LogP contribution in [0.4, 0.5) is 4.79 Å². The second-order valence-corrected chi connectivity index (χ2v) is 6.59. The first kappa shape index (κ1) is 19.0. The largest absolute Gasteiger partial charge is 0.481 e. The highest BCUT2D eigenvalue weighted by Crippen LogP contribution is 2.11. The summed E-state index contributed by atoms with van der Waals surface area (Å²) < 4.78 is 7.08. The Kier molecular flexibility index (Phi) is 7.06. The molecule has 0 spiro atoms. The molecular formula is C16H27N3O4. The summed E-state index contributed by atoms with van der Waals surface area (Å²) in [6.45, 7) is 8.26. The van der Waals surface area contributed by atoms with Crippen molar-refractivity contribution >= 4 is 12.1 Å². The molecule has 7 nitrogen and oxygen atoms in total. The van der Waals surface area contributed by atoms with E-state index >= 15 is 0 Å². The molecular weight excluding hydrogens is 298 g/mol. The third kappa shape index (κ3) is 8.23. The van der Waals surface area contributed by atoms with Crippen LogP contribution in [0.25, 0.3) is 0 Å². The number of carbonyl (C=O) groups is 2. The lowest BCUT2D eigenvalue weighted by Gasteiger charge is -2.23. The van der Waals surface area contributed by atoms with Gasteiger partial charge in [-0.2, -0.15) is 5.10 Å². The number of hydrogen-bond donors (Lipinski definition) is 2. The average Bonchev–Trinajstić information content (AvgIpc) is 2.81. The number of amides is 1. The molecule has 1 amide bonds. The van der Waals surface area contributed by atoms with Gasteiger partial charge < -0.3 is 15.2 Å². The molecule has 0 fully saturated rings. The Bertz CT molecular complexity index is 520. The van der Waals surface area contributed by atoms with E-state index in [1.807, 2.05) is 10.9 Å². The number of aryl methyl sites for hydroxylation is 1. The first-order chi connectivity index (χ1) is 10.7. The first-order valence-electron chi connectivity index (χ1n) is 7.92. The van der Waals surface area contributed by atoms with E-state index in [1.165, 1.54) is 0 Å². The van der Waals surface area contributed by atoms with Crippen LogP contribution in [0.5, 0.6) is 0 Å². The molecule has 1 unspecified atom stereocenters. The second kappa shape index (κ2) is 8.55. The highest BCUT2D eigenvalue weighted by molar-refractivity contribution is 5.69. The van der Waals surface area contributed by atoms with Gasteiger partial charge in [-0.3, -0.25) is 9.48 Å². The number of alkyl carbamates (subject to hydrolysis) is 1. The van der Waals surface area contributed by atoms with E-state index < -0.39 is 17.7 Å². The van der Waals surface area contributed by atoms with Crippen LogP contribution >= 0.6 is 0 Å². The van der Waals surface area contributed by atoms with Crippen molar-refractivity contribution in [1.82, 2.24) is 15.1 Å². The summed E-state index contributed by atoms with van der Waals surface area (Å²) in [7, 11) is 0. The molecule has 0 saturated heterocycles. The molecule has 0 saturated carbocycles. The molecule has 1 rings (SSSR count). The SMILES string of the molecule is CCCn1cc(CC(CCC(=O)O)NC(=O)OC(C)(C)C)cn1. The number of aliphatic carboxylic acids is 1. The van der Waals surface area contributed by atoms with E-state index in [-0.39, 0.29) is 12.5 Å². The fourth-order valence-corrected chi connectivity index (χ4v) is 2.14. The Hall–Kier alpha value is -2.05. The molecule has 0 radical (unpaired) electrons. The van der Waals surface area contributed by atoms with Gasteiger partial charge in [-0.15, -0.1) is 0 Å². The molecule has 2 N–H and O–H groups in total. The van der Waals surface area contributed by atoms with Gasteiger partial charge in [-0.1, -0.05) is 6.92 Å². The predicted molar refractivity (Wildman–Crippen MR) is 86.2 cm³/mol. The van der Waals surface area contributed by atoms with Crippen LogP contribution in [0.2, 0.25) is 0 Å². The lowest BCUT2D eigenvalue weighted by molar-refractivity contribution is -0.137. The summed E-state index contributed by atoms with van der Waals surface area (Å²) in [6.07, 6.45) is 4.98. The van der Waals surface area contributed by atoms with E-state index in [4.69, 9.17) is 9.84 Å². The smallest absolute Gasteiger partial charge is 0.407 e. The van der Waals surface area contributed by atoms with Crippen molar-refractivity contribution in [2.45, 2.75) is 71.6 Å². The van der Waals surface area contributed by atoms with Gasteiger partial charge in [0.1, 0.15) is 5.60 Å². The first-order valence-corrected chi connectivity index (χ1v) is 7.92. The van der Waals surface area contributed by atoms with Crippen molar-refractivity contribution in [2.75, 3.05) is 0 Å². The third-order valence-electron chi connectivity index (χ3n) is 3.05. The summed E-state index contributed by atoms with van der Waals surface area (Å²) in [5, 5.41) is 15.9. The number of ether oxygens (including phenoxy) is 1. The molecule has 1 heterocycles. The Morgan fingerprint density at radius 3 is 2.70 bits per heavy atom. The van der Waals surface area contributed by atoms with Gasteiger partial charge in [0.15, 0.2) is 0 Å². The maximum atomic E-state index is 11.9. The number of carbonyl (C=O) groups excluding carboxylic acids is 1. The molecule has 0 aromatic carbocycles. The Balaban J connectivity index is 2.66. The molecule has 1 atom stereocenters. The highest BCUT2D eigenvalue weighted by Gasteiger charge is 2.20. The summed E-state index contributed by atoms with van der Waals surface area (Å²) in [6, 6.07) is -0.305. The van der Waals surface area contributed by atoms with Crippen molar-refractivity contribution in [3.8, 4) is 0 Å². The van der Waals surface area contributed by atoms with Crippen molar-refractivity contribution in [2.24, 2.45) is 0 Å². The zero-order valence-corrected chi connectivity index (χ0v) is 14.3. The average molecular weight is 325 g/mol. The molecule has 0 aliphatic carbocycles. The maximum absolute atomic E-state index is 11.9. The van der Waals surface area contributed by atoms with Gasteiger partial charge in [-0.25, -0.2) is 4.79 Å². The predicted octanol–water partition coefficient (Wildman–Crippen LogP) is 2.59. The summed E-state index contributed by atoms with van der Waals surface area (Å²) in [5.41, 5.74) is 0.373. The van der Waals surface area contributed by atoms with E-state index in [0.29, 0.717) is 12.8 Å². The molecule has 0 aliphatic rings. The minimum absolute atomic E-state index is 0.0104. The number of hydrogen-bond acceptors (Lipinski definition) is 4. The lowest BCUT2D eigenvalue weighted by Crippen LogP contribution is -2.40. The maximum Gasteiger partial charge on any atom is 0.407 e. The standard InChI is InChI=1S/C16H27N3O4/c1-5-8-19-11-12(10-17-19)9-13(6-7-14(20)21)18-15(22)23-16(2,3)4/h10-11,13H,5-9H2,1-4H3,(H,18,22)(H,20,21). The summed E-state index contributed by atoms with van der Waals surface area (Å²) in [5.74, 6) is -0.886. The van der Waals surface area contributed by atoms with Crippen LogP contribution in [0, 0.1) is 0 Å². The van der Waals surface area contributed by atoms with Crippen molar-refractivity contribution in [3.05, 3.63) is 18.0 Å². The van der Waals surface area contributed by atoms with Gasteiger partial charge in [0, 0.05) is 25.2 Å². The van der Waals surface area contributed by atoms with E-state index in [1.54, 1.807) is 27.0 Å². The molecule has 1 aromatic rings. The van der Waals surface area contributed by atoms with Crippen LogP contribution < -0.4 is 5.32 Å². The van der Waals surface area contributed by atoms with Crippen LogP contribution in [-0.4, -0.2) is 38.6 Å². The Morgan fingerprint density at radius 2 is 2.13 bits per heavy atom. The molecule has 1 aromatic heterocycles. The monoisotopic (exact) mass is 325 g/mol. The normalized spacial score (nSPS) is 12.7. The number of carboxylic acids is 1. The van der Waals surface area contributed by atoms with E-state index in [0.717, 1.165) is 18.5 Å². The number of nitrogens with one attached hydrogen (secondary N) is 1. The number of nitrogens with zero attached hydrogens (tertiary/aromatic N) is 2. The van der Waals surface area contributed by atoms with E-state index in [2.05, 4.69) is 17.3 Å². The van der Waals surface area contributed by atoms with Crippen LogP contribution in [0.1, 0.15) is 52.5 Å². The van der Waals surface area contributed by atoms with Gasteiger partial charge in [-0.05, 0) is 45.6 Å². The van der Waals surface area contributed by atoms with Crippen LogP contribution in [0.3, 0.4) is 0 Å². The summed E-state index contributed by atoms with van der Waals surface area (Å²) >= 11 is 0. The minimum Gasteiger partial charge on any atom is -0.481 e. The molecule has 0 bridgehead atoms. The molecule has 23 heavy (non-hydrogen) atoms. The fourth-order valence-electron chi connectivity index (χ4n) is 2.14. The number of rotatable bonds is 8. The van der Waals surface area contributed by atoms with Crippen molar-refractivity contribution in [3.63, 3.8) is 0 Å². The zero-order chi connectivity index (χ0) is 17.5. The zero-order valence-electron chi connectivity index (χ0n) is 14.3. The Labute approximate surface area is 137 Å². The fraction of sp³-hybridized carbons (Fsp3) is 0.688. The lowest BCUT2D eigenvalue weighted by atomic mass is 10.0. The molecule has 130 valence electrons. The van der Waals surface area contributed by atoms with E-state index in [9.17, 15) is 9.59 Å². The van der Waals surface area contributed by atoms with Crippen molar-refractivity contribution < 1.29 is 19.4 Å². The Morgan fingerprint density at radius 1 is 1.43 bits per heavy atom. The van der Waals surface area contributed by atoms with Gasteiger partial charge in [0.25, 0.3) is 0 Å². The summed E-state index contributed by atoms with van der Waals surface area (Å²) in [4.78, 5) is 22.7. The topological polar surface area (TPSA) is 93.5 Å². The highest BCUT2D eigenvalue weighted by atomic mass is 16.6. The van der Waals surface area contributed by atoms with Crippen LogP contribution in [0.15, 0.2) is 12.4 Å². The van der Waals surface area contributed by atoms with Crippen molar-refractivity contribution in [1.29, 1.82) is 0 Å². The quantitative estimate of drug-likeness (QED) is 0.766. The van der Waals surface area contributed by atoms with Gasteiger partial charge >= 0.3 is 12.1 Å². The molecule has 7 heteroatoms.